The van der Waals surface area contributed by atoms with Crippen molar-refractivity contribution >= 4 is 22.4 Å². The minimum Gasteiger partial charge on any atom is -0.299 e. The van der Waals surface area contributed by atoms with Gasteiger partial charge >= 0.3 is 0 Å². The van der Waals surface area contributed by atoms with Crippen molar-refractivity contribution in [2.45, 2.75) is 32.7 Å². The molecule has 0 radical (unpaired) electrons. The van der Waals surface area contributed by atoms with Crippen LogP contribution in [0.4, 0.5) is 5.13 Å². The molecule has 3 rings (SSSR count). The third-order valence-corrected chi connectivity index (χ3v) is 4.90. The van der Waals surface area contributed by atoms with E-state index >= 15 is 0 Å². The minimum absolute atomic E-state index is 0.0224. The van der Waals surface area contributed by atoms with Crippen LogP contribution in [0.2, 0.25) is 0 Å². The van der Waals surface area contributed by atoms with Crippen LogP contribution in [0.5, 0.6) is 0 Å². The lowest BCUT2D eigenvalue weighted by molar-refractivity contribution is -0.117. The second-order valence-corrected chi connectivity index (χ2v) is 6.89. The molecule has 0 spiro atoms. The monoisotopic (exact) mass is 316 g/mol. The molecule has 1 aliphatic heterocycles. The highest BCUT2D eigenvalue weighted by Gasteiger charge is 2.19. The highest BCUT2D eigenvalue weighted by molar-refractivity contribution is 7.15. The Bertz CT molecular complexity index is 668. The molecule has 1 aromatic heterocycles. The molecule has 0 atom stereocenters. The van der Waals surface area contributed by atoms with E-state index in [9.17, 15) is 4.79 Å². The number of aromatic nitrogens is 2. The van der Waals surface area contributed by atoms with Gasteiger partial charge in [-0.15, -0.1) is 10.2 Å². The molecule has 1 N–H and O–H groups in total. The van der Waals surface area contributed by atoms with E-state index in [0.29, 0.717) is 17.6 Å². The Hall–Kier alpha value is -1.79. The van der Waals surface area contributed by atoms with Crippen molar-refractivity contribution < 1.29 is 4.79 Å². The lowest BCUT2D eigenvalue weighted by atomic mass is 10.00. The number of anilines is 1. The van der Waals surface area contributed by atoms with E-state index in [1.54, 1.807) is 0 Å². The van der Waals surface area contributed by atoms with Crippen molar-refractivity contribution in [2.24, 2.45) is 0 Å². The fourth-order valence-electron chi connectivity index (χ4n) is 2.57. The largest absolute Gasteiger partial charge is 0.299 e. The number of carbonyl (C=O) groups is 1. The van der Waals surface area contributed by atoms with Crippen LogP contribution in [0.1, 0.15) is 35.9 Å². The Morgan fingerprint density at radius 2 is 2.09 bits per heavy atom. The van der Waals surface area contributed by atoms with Gasteiger partial charge in [-0.05, 0) is 17.5 Å². The smallest absolute Gasteiger partial charge is 0.240 e. The van der Waals surface area contributed by atoms with Crippen LogP contribution in [0.25, 0.3) is 0 Å². The molecular weight excluding hydrogens is 296 g/mol. The molecule has 2 aromatic rings. The van der Waals surface area contributed by atoms with E-state index in [0.717, 1.165) is 24.5 Å². The van der Waals surface area contributed by atoms with Crippen LogP contribution < -0.4 is 5.32 Å². The number of rotatable bonds is 4. The zero-order valence-corrected chi connectivity index (χ0v) is 13.7. The number of fused-ring (bicyclic) bond motifs is 1. The van der Waals surface area contributed by atoms with Crippen molar-refractivity contribution in [3.8, 4) is 0 Å². The second-order valence-electron chi connectivity index (χ2n) is 5.88. The summed E-state index contributed by atoms with van der Waals surface area (Å²) >= 11 is 1.45. The van der Waals surface area contributed by atoms with E-state index in [4.69, 9.17) is 0 Å². The molecule has 116 valence electrons. The zero-order chi connectivity index (χ0) is 15.5. The molecule has 0 aliphatic carbocycles. The van der Waals surface area contributed by atoms with Gasteiger partial charge in [-0.25, -0.2) is 0 Å². The molecule has 0 fully saturated rings. The van der Waals surface area contributed by atoms with Crippen molar-refractivity contribution in [3.63, 3.8) is 0 Å². The van der Waals surface area contributed by atoms with E-state index in [-0.39, 0.29) is 5.91 Å². The van der Waals surface area contributed by atoms with Crippen LogP contribution in [0.15, 0.2) is 24.3 Å². The van der Waals surface area contributed by atoms with Gasteiger partial charge in [0.25, 0.3) is 0 Å². The molecule has 22 heavy (non-hydrogen) atoms. The summed E-state index contributed by atoms with van der Waals surface area (Å²) in [5.41, 5.74) is 2.71. The van der Waals surface area contributed by atoms with Crippen molar-refractivity contribution in [1.82, 2.24) is 15.1 Å². The van der Waals surface area contributed by atoms with Crippen LogP contribution in [0, 0.1) is 0 Å². The van der Waals surface area contributed by atoms with Crippen molar-refractivity contribution in [2.75, 3.05) is 18.4 Å². The van der Waals surface area contributed by atoms with Crippen LogP contribution in [-0.2, 0) is 17.8 Å². The van der Waals surface area contributed by atoms with Gasteiger partial charge in [0.15, 0.2) is 0 Å². The lowest BCUT2D eigenvalue weighted by Gasteiger charge is -2.27. The number of amides is 1. The minimum atomic E-state index is -0.0224. The van der Waals surface area contributed by atoms with Gasteiger partial charge in [0.2, 0.25) is 11.0 Å². The molecule has 6 heteroatoms. The quantitative estimate of drug-likeness (QED) is 0.942. The van der Waals surface area contributed by atoms with Gasteiger partial charge in [0.05, 0.1) is 6.54 Å². The molecule has 1 aromatic carbocycles. The Morgan fingerprint density at radius 1 is 1.32 bits per heavy atom. The van der Waals surface area contributed by atoms with Crippen molar-refractivity contribution in [1.29, 1.82) is 0 Å². The molecule has 0 bridgehead atoms. The number of benzene rings is 1. The topological polar surface area (TPSA) is 58.1 Å². The molecule has 5 nitrogen and oxygen atoms in total. The summed E-state index contributed by atoms with van der Waals surface area (Å²) in [7, 11) is 0. The molecule has 2 heterocycles. The highest BCUT2D eigenvalue weighted by Crippen LogP contribution is 2.22. The fourth-order valence-corrected chi connectivity index (χ4v) is 3.33. The summed E-state index contributed by atoms with van der Waals surface area (Å²) in [5.74, 6) is 0.313. The van der Waals surface area contributed by atoms with Gasteiger partial charge in [-0.3, -0.25) is 15.0 Å². The normalized spacial score (nSPS) is 14.9. The van der Waals surface area contributed by atoms with E-state index in [1.807, 2.05) is 0 Å². The Labute approximate surface area is 134 Å². The molecule has 0 unspecified atom stereocenters. The van der Waals surface area contributed by atoms with E-state index in [1.165, 1.54) is 22.5 Å². The number of nitrogens with one attached hydrogen (secondary N) is 1. The maximum absolute atomic E-state index is 12.2. The third-order valence-electron chi connectivity index (χ3n) is 3.76. The zero-order valence-electron chi connectivity index (χ0n) is 12.9. The first-order valence-corrected chi connectivity index (χ1v) is 8.36. The third kappa shape index (κ3) is 3.51. The first-order valence-electron chi connectivity index (χ1n) is 7.54. The van der Waals surface area contributed by atoms with Gasteiger partial charge in [-0.1, -0.05) is 49.4 Å². The maximum atomic E-state index is 12.2. The Morgan fingerprint density at radius 3 is 2.82 bits per heavy atom. The average Bonchev–Trinajstić information content (AvgIpc) is 2.95. The van der Waals surface area contributed by atoms with Gasteiger partial charge in [0, 0.05) is 19.0 Å². The van der Waals surface area contributed by atoms with E-state index < -0.39 is 0 Å². The Balaban J connectivity index is 1.56. The fraction of sp³-hybridized carbons (Fsp3) is 0.438. The van der Waals surface area contributed by atoms with Crippen LogP contribution in [0.3, 0.4) is 0 Å². The predicted octanol–water partition coefficient (Wildman–Crippen LogP) is 2.66. The Kier molecular flexibility index (Phi) is 4.49. The molecule has 1 amide bonds. The summed E-state index contributed by atoms with van der Waals surface area (Å²) in [6, 6.07) is 8.43. The predicted molar refractivity (Wildman–Crippen MR) is 88.1 cm³/mol. The summed E-state index contributed by atoms with van der Waals surface area (Å²) in [6.07, 6.45) is 1.000. The van der Waals surface area contributed by atoms with E-state index in [2.05, 4.69) is 58.5 Å². The van der Waals surface area contributed by atoms with Gasteiger partial charge < -0.3 is 0 Å². The molecule has 1 aliphatic rings. The highest BCUT2D eigenvalue weighted by atomic mass is 32.1. The molecule has 0 saturated carbocycles. The van der Waals surface area contributed by atoms with Crippen LogP contribution in [-0.4, -0.2) is 34.1 Å². The average molecular weight is 316 g/mol. The molecular formula is C16H20N4OS. The first-order chi connectivity index (χ1) is 10.6. The summed E-state index contributed by atoms with van der Waals surface area (Å²) in [5, 5.41) is 12.5. The molecule has 0 saturated heterocycles. The number of hydrogen-bond donors (Lipinski definition) is 1. The number of hydrogen-bond acceptors (Lipinski definition) is 5. The van der Waals surface area contributed by atoms with Crippen LogP contribution >= 0.6 is 11.3 Å². The maximum Gasteiger partial charge on any atom is 0.240 e. The van der Waals surface area contributed by atoms with Gasteiger partial charge in [0.1, 0.15) is 5.01 Å². The second kappa shape index (κ2) is 6.54. The van der Waals surface area contributed by atoms with Crippen molar-refractivity contribution in [3.05, 3.63) is 40.4 Å². The number of nitrogens with zero attached hydrogens (tertiary/aromatic N) is 3. The first kappa shape index (κ1) is 15.1. The SMILES string of the molecule is CC(C)c1nnc(NC(=O)CN2CCc3ccccc3C2)s1. The summed E-state index contributed by atoms with van der Waals surface area (Å²) in [4.78, 5) is 14.3. The standard InChI is InChI=1S/C16H20N4OS/c1-11(2)15-18-19-16(22-15)17-14(21)10-20-8-7-12-5-3-4-6-13(12)9-20/h3-6,11H,7-10H2,1-2H3,(H,17,19,21). The van der Waals surface area contributed by atoms with Gasteiger partial charge in [-0.2, -0.15) is 0 Å². The number of carbonyl (C=O) groups excluding carboxylic acids is 1. The summed E-state index contributed by atoms with van der Waals surface area (Å²) < 4.78 is 0. The summed E-state index contributed by atoms with van der Waals surface area (Å²) in [6.45, 7) is 6.27. The lowest BCUT2D eigenvalue weighted by Crippen LogP contribution is -2.37.